The van der Waals surface area contributed by atoms with Crippen LogP contribution in [0.25, 0.3) is 0 Å². The van der Waals surface area contributed by atoms with E-state index in [-0.39, 0.29) is 0 Å². The maximum atomic E-state index is 5.84. The largest absolute Gasteiger partial charge is 0.491 e. The number of hydrogen-bond donors (Lipinski definition) is 2. The fraction of sp³-hybridized carbons (Fsp3) is 0.235. The van der Waals surface area contributed by atoms with E-state index in [1.54, 1.807) is 0 Å². The summed E-state index contributed by atoms with van der Waals surface area (Å²) in [5.74, 6) is 0.915. The minimum absolute atomic E-state index is 0.548. The second-order valence-electron chi connectivity index (χ2n) is 5.01. The van der Waals surface area contributed by atoms with E-state index in [1.165, 1.54) is 5.56 Å². The Labute approximate surface area is 141 Å². The van der Waals surface area contributed by atoms with Gasteiger partial charge in [-0.1, -0.05) is 23.7 Å². The number of benzene rings is 2. The molecule has 2 aromatic rings. The number of anilines is 1. The molecule has 2 N–H and O–H groups in total. The number of rotatable bonds is 5. The molecule has 0 fully saturated rings. The number of ether oxygens (including phenoxy) is 1. The van der Waals surface area contributed by atoms with Crippen LogP contribution in [0.3, 0.4) is 0 Å². The lowest BCUT2D eigenvalue weighted by Gasteiger charge is -2.13. The van der Waals surface area contributed by atoms with Crippen molar-refractivity contribution < 1.29 is 4.74 Å². The molecule has 22 heavy (non-hydrogen) atoms. The summed E-state index contributed by atoms with van der Waals surface area (Å²) < 4.78 is 5.77. The second-order valence-corrected chi connectivity index (χ2v) is 5.85. The van der Waals surface area contributed by atoms with Crippen LogP contribution in [0, 0.1) is 13.8 Å². The SMILES string of the molecule is Cc1ccc(C)c(OCCNC(=S)Nc2ccc(Cl)cc2)c1. The molecule has 0 radical (unpaired) electrons. The molecule has 0 amide bonds. The maximum Gasteiger partial charge on any atom is 0.170 e. The Hall–Kier alpha value is -1.78. The van der Waals surface area contributed by atoms with Crippen LogP contribution in [0.1, 0.15) is 11.1 Å². The summed E-state index contributed by atoms with van der Waals surface area (Å²) in [5.41, 5.74) is 3.22. The Morgan fingerprint density at radius 2 is 1.86 bits per heavy atom. The van der Waals surface area contributed by atoms with Crippen molar-refractivity contribution in [3.05, 3.63) is 58.6 Å². The lowest BCUT2D eigenvalue weighted by molar-refractivity contribution is 0.320. The van der Waals surface area contributed by atoms with Crippen LogP contribution in [0.4, 0.5) is 5.69 Å². The molecule has 0 unspecified atom stereocenters. The zero-order valence-corrected chi connectivity index (χ0v) is 14.2. The molecule has 0 atom stereocenters. The van der Waals surface area contributed by atoms with Gasteiger partial charge in [0, 0.05) is 10.7 Å². The predicted molar refractivity (Wildman–Crippen MR) is 97.1 cm³/mol. The Bertz CT molecular complexity index is 644. The summed E-state index contributed by atoms with van der Waals surface area (Å²) in [6, 6.07) is 13.6. The summed E-state index contributed by atoms with van der Waals surface area (Å²) in [6.45, 7) is 5.27. The Balaban J connectivity index is 1.73. The smallest absolute Gasteiger partial charge is 0.170 e. The lowest BCUT2D eigenvalue weighted by atomic mass is 10.1. The van der Waals surface area contributed by atoms with Crippen LogP contribution in [0.5, 0.6) is 5.75 Å². The van der Waals surface area contributed by atoms with E-state index in [0.717, 1.165) is 17.0 Å². The highest BCUT2D eigenvalue weighted by Crippen LogP contribution is 2.18. The molecule has 0 spiro atoms. The van der Waals surface area contributed by atoms with E-state index < -0.39 is 0 Å². The van der Waals surface area contributed by atoms with E-state index in [9.17, 15) is 0 Å². The minimum atomic E-state index is 0.548. The van der Waals surface area contributed by atoms with Crippen LogP contribution < -0.4 is 15.4 Å². The molecule has 2 rings (SSSR count). The first kappa shape index (κ1) is 16.6. The van der Waals surface area contributed by atoms with E-state index in [0.29, 0.717) is 23.3 Å². The van der Waals surface area contributed by atoms with Crippen LogP contribution >= 0.6 is 23.8 Å². The molecule has 0 aliphatic heterocycles. The van der Waals surface area contributed by atoms with Crippen LogP contribution in [-0.4, -0.2) is 18.3 Å². The molecule has 0 saturated carbocycles. The molecule has 0 aliphatic carbocycles. The number of nitrogens with one attached hydrogen (secondary N) is 2. The number of hydrogen-bond acceptors (Lipinski definition) is 2. The summed E-state index contributed by atoms with van der Waals surface area (Å²) in [7, 11) is 0. The van der Waals surface area contributed by atoms with Crippen molar-refractivity contribution in [2.24, 2.45) is 0 Å². The number of aryl methyl sites for hydroxylation is 2. The van der Waals surface area contributed by atoms with Gasteiger partial charge in [0.15, 0.2) is 5.11 Å². The van der Waals surface area contributed by atoms with Crippen molar-refractivity contribution in [1.82, 2.24) is 5.32 Å². The van der Waals surface area contributed by atoms with Gasteiger partial charge in [-0.25, -0.2) is 0 Å². The van der Waals surface area contributed by atoms with Gasteiger partial charge in [0.1, 0.15) is 12.4 Å². The van der Waals surface area contributed by atoms with Gasteiger partial charge in [-0.15, -0.1) is 0 Å². The first-order valence-corrected chi connectivity index (χ1v) is 7.84. The summed E-state index contributed by atoms with van der Waals surface area (Å²) in [5, 5.41) is 7.47. The predicted octanol–water partition coefficient (Wildman–Crippen LogP) is 4.32. The average Bonchev–Trinajstić information content (AvgIpc) is 2.49. The highest BCUT2D eigenvalue weighted by molar-refractivity contribution is 7.80. The fourth-order valence-corrected chi connectivity index (χ4v) is 2.24. The van der Waals surface area contributed by atoms with E-state index in [2.05, 4.69) is 29.7 Å². The average molecular weight is 335 g/mol. The number of halogens is 1. The number of thiocarbonyl (C=S) groups is 1. The van der Waals surface area contributed by atoms with Gasteiger partial charge in [-0.3, -0.25) is 0 Å². The first-order valence-electron chi connectivity index (χ1n) is 7.05. The van der Waals surface area contributed by atoms with Crippen molar-refractivity contribution in [1.29, 1.82) is 0 Å². The van der Waals surface area contributed by atoms with Gasteiger partial charge >= 0.3 is 0 Å². The first-order chi connectivity index (χ1) is 10.5. The Morgan fingerprint density at radius 3 is 2.59 bits per heavy atom. The van der Waals surface area contributed by atoms with Gasteiger partial charge in [0.2, 0.25) is 0 Å². The zero-order chi connectivity index (χ0) is 15.9. The molecule has 116 valence electrons. The highest BCUT2D eigenvalue weighted by atomic mass is 35.5. The molecule has 0 heterocycles. The minimum Gasteiger partial charge on any atom is -0.491 e. The summed E-state index contributed by atoms with van der Waals surface area (Å²) in [6.07, 6.45) is 0. The van der Waals surface area contributed by atoms with Crippen LogP contribution in [0.15, 0.2) is 42.5 Å². The van der Waals surface area contributed by atoms with Gasteiger partial charge in [0.05, 0.1) is 6.54 Å². The fourth-order valence-electron chi connectivity index (χ4n) is 1.90. The van der Waals surface area contributed by atoms with Gasteiger partial charge in [-0.2, -0.15) is 0 Å². The van der Waals surface area contributed by atoms with E-state index in [1.807, 2.05) is 37.3 Å². The molecule has 0 aliphatic rings. The van der Waals surface area contributed by atoms with Crippen LogP contribution in [0.2, 0.25) is 5.02 Å². The molecular weight excluding hydrogens is 316 g/mol. The van der Waals surface area contributed by atoms with Crippen molar-refractivity contribution >= 4 is 34.6 Å². The molecular formula is C17H19ClN2OS. The highest BCUT2D eigenvalue weighted by Gasteiger charge is 2.01. The lowest BCUT2D eigenvalue weighted by Crippen LogP contribution is -2.31. The summed E-state index contributed by atoms with van der Waals surface area (Å²) in [4.78, 5) is 0. The van der Waals surface area contributed by atoms with Gasteiger partial charge in [-0.05, 0) is 67.5 Å². The third kappa shape index (κ3) is 5.20. The molecule has 0 aromatic heterocycles. The molecule has 2 aromatic carbocycles. The van der Waals surface area contributed by atoms with E-state index in [4.69, 9.17) is 28.6 Å². The van der Waals surface area contributed by atoms with Gasteiger partial charge < -0.3 is 15.4 Å². The Kier molecular flexibility index (Phi) is 6.04. The Morgan fingerprint density at radius 1 is 1.14 bits per heavy atom. The quantitative estimate of drug-likeness (QED) is 0.630. The monoisotopic (exact) mass is 334 g/mol. The van der Waals surface area contributed by atoms with Crippen molar-refractivity contribution in [2.45, 2.75) is 13.8 Å². The topological polar surface area (TPSA) is 33.3 Å². The van der Waals surface area contributed by atoms with Crippen molar-refractivity contribution in [2.75, 3.05) is 18.5 Å². The van der Waals surface area contributed by atoms with Crippen molar-refractivity contribution in [3.63, 3.8) is 0 Å². The molecule has 5 heteroatoms. The van der Waals surface area contributed by atoms with E-state index >= 15 is 0 Å². The third-order valence-electron chi connectivity index (χ3n) is 3.09. The molecule has 0 bridgehead atoms. The molecule has 3 nitrogen and oxygen atoms in total. The normalized spacial score (nSPS) is 10.1. The standard InChI is InChI=1S/C17H19ClN2OS/c1-12-3-4-13(2)16(11-12)21-10-9-19-17(22)20-15-7-5-14(18)6-8-15/h3-8,11H,9-10H2,1-2H3,(H2,19,20,22). The summed E-state index contributed by atoms with van der Waals surface area (Å²) >= 11 is 11.1. The second kappa shape index (κ2) is 8.01. The van der Waals surface area contributed by atoms with Crippen molar-refractivity contribution in [3.8, 4) is 5.75 Å². The zero-order valence-electron chi connectivity index (χ0n) is 12.7. The third-order valence-corrected chi connectivity index (χ3v) is 3.59. The maximum absolute atomic E-state index is 5.84. The molecule has 0 saturated heterocycles. The van der Waals surface area contributed by atoms with Gasteiger partial charge in [0.25, 0.3) is 0 Å². The van der Waals surface area contributed by atoms with Crippen LogP contribution in [-0.2, 0) is 0 Å².